The molecule has 1 aliphatic rings. The van der Waals surface area contributed by atoms with E-state index in [0.29, 0.717) is 6.42 Å². The van der Waals surface area contributed by atoms with Gasteiger partial charge in [-0.15, -0.1) is 0 Å². The van der Waals surface area contributed by atoms with Gasteiger partial charge < -0.3 is 11.1 Å². The molecule has 0 bridgehead atoms. The number of nitrogens with two attached hydrogens (primary N) is 1. The van der Waals surface area contributed by atoms with Gasteiger partial charge in [0.25, 0.3) is 0 Å². The second-order valence-electron chi connectivity index (χ2n) is 4.74. The van der Waals surface area contributed by atoms with Gasteiger partial charge in [0.15, 0.2) is 0 Å². The fraction of sp³-hybridized carbons (Fsp3) is 0.462. The van der Waals surface area contributed by atoms with E-state index in [4.69, 9.17) is 5.73 Å². The van der Waals surface area contributed by atoms with E-state index in [9.17, 15) is 9.18 Å². The Morgan fingerprint density at radius 2 is 2.22 bits per heavy atom. The normalized spacial score (nSPS) is 23.7. The van der Waals surface area contributed by atoms with Crippen LogP contribution in [-0.2, 0) is 4.79 Å². The zero-order valence-electron chi connectivity index (χ0n) is 9.96. The minimum absolute atomic E-state index is 0.0851. The summed E-state index contributed by atoms with van der Waals surface area (Å²) in [5.74, 6) is -0.666. The monoisotopic (exact) mass is 314 g/mol. The molecule has 0 heterocycles. The van der Waals surface area contributed by atoms with Gasteiger partial charge >= 0.3 is 0 Å². The van der Waals surface area contributed by atoms with Gasteiger partial charge in [0.2, 0.25) is 5.91 Å². The standard InChI is InChI=1S/C13H16BrFN2O/c14-9-4-5-11(15)12(7-9)17-13(18)8-2-1-3-10(16)6-8/h4-5,7-8,10H,1-3,6,16H2,(H,17,18). The van der Waals surface area contributed by atoms with E-state index in [1.165, 1.54) is 6.07 Å². The highest BCUT2D eigenvalue weighted by atomic mass is 79.9. The summed E-state index contributed by atoms with van der Waals surface area (Å²) >= 11 is 3.25. The lowest BCUT2D eigenvalue weighted by Crippen LogP contribution is -2.34. The fourth-order valence-corrected chi connectivity index (χ4v) is 2.65. The molecule has 98 valence electrons. The van der Waals surface area contributed by atoms with Crippen LogP contribution in [-0.4, -0.2) is 11.9 Å². The Morgan fingerprint density at radius 3 is 2.94 bits per heavy atom. The summed E-state index contributed by atoms with van der Waals surface area (Å²) in [4.78, 5) is 12.0. The quantitative estimate of drug-likeness (QED) is 0.881. The molecule has 2 rings (SSSR count). The number of nitrogens with one attached hydrogen (secondary N) is 1. The summed E-state index contributed by atoms with van der Waals surface area (Å²) in [5, 5.41) is 2.64. The Bertz CT molecular complexity index is 453. The molecule has 2 unspecified atom stereocenters. The van der Waals surface area contributed by atoms with Crippen LogP contribution in [0.5, 0.6) is 0 Å². The van der Waals surface area contributed by atoms with E-state index in [1.54, 1.807) is 12.1 Å². The van der Waals surface area contributed by atoms with Gasteiger partial charge in [-0.1, -0.05) is 22.4 Å². The van der Waals surface area contributed by atoms with Crippen LogP contribution in [0.2, 0.25) is 0 Å². The zero-order valence-corrected chi connectivity index (χ0v) is 11.5. The Hall–Kier alpha value is -0.940. The van der Waals surface area contributed by atoms with E-state index >= 15 is 0 Å². The van der Waals surface area contributed by atoms with Gasteiger partial charge in [-0.3, -0.25) is 4.79 Å². The Kier molecular flexibility index (Phi) is 4.35. The lowest BCUT2D eigenvalue weighted by atomic mass is 9.85. The number of benzene rings is 1. The van der Waals surface area contributed by atoms with Crippen LogP contribution in [0.25, 0.3) is 0 Å². The van der Waals surface area contributed by atoms with Crippen LogP contribution in [0.15, 0.2) is 22.7 Å². The first-order valence-electron chi connectivity index (χ1n) is 6.08. The molecule has 1 aromatic rings. The van der Waals surface area contributed by atoms with E-state index in [0.717, 1.165) is 23.7 Å². The molecule has 18 heavy (non-hydrogen) atoms. The average molecular weight is 315 g/mol. The van der Waals surface area contributed by atoms with Crippen molar-refractivity contribution in [3.63, 3.8) is 0 Å². The molecule has 3 N–H and O–H groups in total. The number of hydrogen-bond donors (Lipinski definition) is 2. The molecule has 1 aromatic carbocycles. The van der Waals surface area contributed by atoms with E-state index in [2.05, 4.69) is 21.2 Å². The third-order valence-corrected chi connectivity index (χ3v) is 3.77. The van der Waals surface area contributed by atoms with Crippen LogP contribution in [0.1, 0.15) is 25.7 Å². The average Bonchev–Trinajstić information content (AvgIpc) is 2.34. The van der Waals surface area contributed by atoms with E-state index in [-0.39, 0.29) is 23.6 Å². The molecule has 1 amide bonds. The summed E-state index contributed by atoms with van der Waals surface area (Å²) in [7, 11) is 0. The van der Waals surface area contributed by atoms with Crippen molar-refractivity contribution in [2.45, 2.75) is 31.7 Å². The van der Waals surface area contributed by atoms with Crippen molar-refractivity contribution in [3.8, 4) is 0 Å². The summed E-state index contributed by atoms with van der Waals surface area (Å²) in [6.07, 6.45) is 3.44. The number of carbonyl (C=O) groups excluding carboxylic acids is 1. The summed E-state index contributed by atoms with van der Waals surface area (Å²) in [6.45, 7) is 0. The van der Waals surface area contributed by atoms with Crippen molar-refractivity contribution < 1.29 is 9.18 Å². The van der Waals surface area contributed by atoms with Gasteiger partial charge in [-0.05, 0) is 37.5 Å². The predicted octanol–water partition coefficient (Wildman–Crippen LogP) is 3.04. The summed E-state index contributed by atoms with van der Waals surface area (Å²) < 4.78 is 14.2. The maximum absolute atomic E-state index is 13.5. The van der Waals surface area contributed by atoms with Gasteiger partial charge in [0.1, 0.15) is 5.82 Å². The maximum Gasteiger partial charge on any atom is 0.227 e. The summed E-state index contributed by atoms with van der Waals surface area (Å²) in [5.41, 5.74) is 6.06. The van der Waals surface area contributed by atoms with Crippen molar-refractivity contribution in [2.75, 3.05) is 5.32 Å². The van der Waals surface area contributed by atoms with Gasteiger partial charge in [0, 0.05) is 16.4 Å². The number of halogens is 2. The highest BCUT2D eigenvalue weighted by molar-refractivity contribution is 9.10. The zero-order chi connectivity index (χ0) is 13.1. The Balaban J connectivity index is 2.04. The van der Waals surface area contributed by atoms with Crippen LogP contribution in [0.3, 0.4) is 0 Å². The lowest BCUT2D eigenvalue weighted by molar-refractivity contribution is -0.120. The highest BCUT2D eigenvalue weighted by Gasteiger charge is 2.25. The second kappa shape index (κ2) is 5.80. The first-order chi connectivity index (χ1) is 8.56. The van der Waals surface area contributed by atoms with Gasteiger partial charge in [-0.2, -0.15) is 0 Å². The second-order valence-corrected chi connectivity index (χ2v) is 5.65. The number of rotatable bonds is 2. The van der Waals surface area contributed by atoms with Crippen LogP contribution in [0.4, 0.5) is 10.1 Å². The Labute approximate surface area is 114 Å². The minimum Gasteiger partial charge on any atom is -0.328 e. The first kappa shape index (κ1) is 13.5. The maximum atomic E-state index is 13.5. The van der Waals surface area contributed by atoms with Crippen molar-refractivity contribution in [1.29, 1.82) is 0 Å². The van der Waals surface area contributed by atoms with E-state index < -0.39 is 5.82 Å². The molecular weight excluding hydrogens is 299 g/mol. The third-order valence-electron chi connectivity index (χ3n) is 3.27. The fourth-order valence-electron chi connectivity index (χ4n) is 2.29. The molecule has 0 aliphatic heterocycles. The molecule has 3 nitrogen and oxygen atoms in total. The van der Waals surface area contributed by atoms with Crippen molar-refractivity contribution in [1.82, 2.24) is 0 Å². The van der Waals surface area contributed by atoms with Gasteiger partial charge in [-0.25, -0.2) is 4.39 Å². The minimum atomic E-state index is -0.424. The van der Waals surface area contributed by atoms with Crippen molar-refractivity contribution >= 4 is 27.5 Å². The molecule has 1 fully saturated rings. The Morgan fingerprint density at radius 1 is 1.44 bits per heavy atom. The molecular formula is C13H16BrFN2O. The van der Waals surface area contributed by atoms with E-state index in [1.807, 2.05) is 0 Å². The highest BCUT2D eigenvalue weighted by Crippen LogP contribution is 2.26. The predicted molar refractivity (Wildman–Crippen MR) is 72.7 cm³/mol. The van der Waals surface area contributed by atoms with Crippen LogP contribution >= 0.6 is 15.9 Å². The topological polar surface area (TPSA) is 55.1 Å². The number of anilines is 1. The molecule has 1 aliphatic carbocycles. The van der Waals surface area contributed by atoms with Crippen LogP contribution in [0, 0.1) is 11.7 Å². The van der Waals surface area contributed by atoms with Gasteiger partial charge in [0.05, 0.1) is 5.69 Å². The van der Waals surface area contributed by atoms with Crippen molar-refractivity contribution in [2.24, 2.45) is 11.7 Å². The van der Waals surface area contributed by atoms with Crippen molar-refractivity contribution in [3.05, 3.63) is 28.5 Å². The molecule has 2 atom stereocenters. The summed E-state index contributed by atoms with van der Waals surface area (Å²) in [6, 6.07) is 4.57. The molecule has 5 heteroatoms. The SMILES string of the molecule is NC1CCCC(C(=O)Nc2cc(Br)ccc2F)C1. The number of hydrogen-bond acceptors (Lipinski definition) is 2. The number of amides is 1. The van der Waals surface area contributed by atoms with Crippen LogP contribution < -0.4 is 11.1 Å². The molecule has 1 saturated carbocycles. The third kappa shape index (κ3) is 3.29. The molecule has 0 saturated heterocycles. The largest absolute Gasteiger partial charge is 0.328 e. The lowest BCUT2D eigenvalue weighted by Gasteiger charge is -2.25. The first-order valence-corrected chi connectivity index (χ1v) is 6.87. The smallest absolute Gasteiger partial charge is 0.227 e. The number of carbonyl (C=O) groups is 1. The molecule has 0 spiro atoms. The molecule has 0 radical (unpaired) electrons. The molecule has 0 aromatic heterocycles.